The van der Waals surface area contributed by atoms with E-state index in [-0.39, 0.29) is 13.0 Å². The van der Waals surface area contributed by atoms with E-state index in [4.69, 9.17) is 24.1 Å². The van der Waals surface area contributed by atoms with Crippen LogP contribution in [0.3, 0.4) is 0 Å². The Kier molecular flexibility index (Phi) is 15.1. The summed E-state index contributed by atoms with van der Waals surface area (Å²) in [5.41, 5.74) is 0. The van der Waals surface area contributed by atoms with E-state index in [0.717, 1.165) is 79.1 Å². The van der Waals surface area contributed by atoms with E-state index < -0.39 is 66.3 Å². The Morgan fingerprint density at radius 2 is 1.26 bits per heavy atom. The number of unbranched alkanes of at least 4 members (excludes halogenated alkanes) is 8. The second-order valence-corrected chi connectivity index (χ2v) is 9.56. The molecule has 0 aromatic rings. The van der Waals surface area contributed by atoms with Crippen molar-refractivity contribution in [2.75, 3.05) is 13.2 Å². The van der Waals surface area contributed by atoms with Crippen LogP contribution in [0.4, 0.5) is 0 Å². The number of ketones is 1. The predicted molar refractivity (Wildman–Crippen MR) is 133 cm³/mol. The molecule has 3 N–H and O–H groups in total. The molecule has 5 atom stereocenters. The summed E-state index contributed by atoms with van der Waals surface area (Å²) in [6.45, 7) is 4.17. The normalized spacial score (nSPS) is 24.8. The first kappa shape index (κ1) is 33.5. The summed E-state index contributed by atoms with van der Waals surface area (Å²) in [4.78, 5) is 60.5. The van der Waals surface area contributed by atoms with Crippen molar-refractivity contribution in [2.24, 2.45) is 0 Å². The van der Waals surface area contributed by atoms with E-state index in [9.17, 15) is 29.1 Å². The van der Waals surface area contributed by atoms with Gasteiger partial charge in [-0.3, -0.25) is 24.0 Å². The maximum atomic E-state index is 13.3. The molecule has 1 amide bonds. The van der Waals surface area contributed by atoms with Crippen molar-refractivity contribution in [3.05, 3.63) is 0 Å². The third-order valence-corrected chi connectivity index (χ3v) is 6.15. The maximum Gasteiger partial charge on any atom is 0.303 e. The summed E-state index contributed by atoms with van der Waals surface area (Å²) in [6.07, 6.45) is 3.72. The van der Waals surface area contributed by atoms with Gasteiger partial charge in [0.05, 0.1) is 0 Å². The summed E-state index contributed by atoms with van der Waals surface area (Å²) in [7, 11) is 0. The number of aliphatic hydroxyl groups is 2. The van der Waals surface area contributed by atoms with Gasteiger partial charge in [0.1, 0.15) is 18.8 Å². The molecule has 0 spiro atoms. The lowest BCUT2D eigenvalue weighted by molar-refractivity contribution is -0.305. The van der Waals surface area contributed by atoms with Gasteiger partial charge in [0.15, 0.2) is 18.0 Å². The smallest absolute Gasteiger partial charge is 0.303 e. The van der Waals surface area contributed by atoms with Gasteiger partial charge in [0.25, 0.3) is 5.79 Å². The first-order chi connectivity index (χ1) is 17.9. The number of Topliss-reactive ketones (excluding diaryl/α,β-unsaturated/α-hetero) is 1. The minimum Gasteiger partial charge on any atom is -0.463 e. The van der Waals surface area contributed by atoms with E-state index >= 15 is 0 Å². The van der Waals surface area contributed by atoms with Crippen molar-refractivity contribution in [2.45, 2.75) is 122 Å². The maximum absolute atomic E-state index is 13.3. The molecular weight excluding hydrogens is 502 g/mol. The van der Waals surface area contributed by atoms with Crippen LogP contribution in [0.1, 0.15) is 91.9 Å². The lowest BCUT2D eigenvalue weighted by Gasteiger charge is -2.48. The number of aliphatic hydroxyl groups excluding tert-OH is 1. The standard InChI is InChI=1S/C26H43NO11/c1-17(29)27-25-24(37-20(4)32)23(36-19(3)31)21(16-35-18(2)30)38-26(25,34)22(33)14-12-10-8-6-5-7-9-11-13-15-28/h21,23-25,28,34H,5-16H2,1-4H3,(H,27,29)/t21-,23+,24+,25-,26-/m1/s1. The predicted octanol–water partition coefficient (Wildman–Crippen LogP) is 1.47. The number of carbonyl (C=O) groups is 5. The Labute approximate surface area is 223 Å². The molecule has 0 aromatic carbocycles. The first-order valence-electron chi connectivity index (χ1n) is 13.2. The first-order valence-corrected chi connectivity index (χ1v) is 13.2. The molecule has 0 aromatic heterocycles. The molecule has 1 fully saturated rings. The highest BCUT2D eigenvalue weighted by atomic mass is 16.7. The zero-order chi connectivity index (χ0) is 28.7. The third-order valence-electron chi connectivity index (χ3n) is 6.15. The highest BCUT2D eigenvalue weighted by Gasteiger charge is 2.61. The van der Waals surface area contributed by atoms with E-state index in [0.29, 0.717) is 6.42 Å². The lowest BCUT2D eigenvalue weighted by Crippen LogP contribution is -2.74. The van der Waals surface area contributed by atoms with E-state index in [1.807, 2.05) is 0 Å². The Balaban J connectivity index is 3.01. The van der Waals surface area contributed by atoms with Crippen LogP contribution >= 0.6 is 0 Å². The van der Waals surface area contributed by atoms with Crippen LogP contribution < -0.4 is 5.32 Å². The van der Waals surface area contributed by atoms with Gasteiger partial charge in [-0.15, -0.1) is 0 Å². The molecule has 1 saturated heterocycles. The monoisotopic (exact) mass is 545 g/mol. The van der Waals surface area contributed by atoms with E-state index in [1.165, 1.54) is 0 Å². The third kappa shape index (κ3) is 11.4. The Morgan fingerprint density at radius 3 is 1.74 bits per heavy atom. The highest BCUT2D eigenvalue weighted by molar-refractivity contribution is 5.88. The van der Waals surface area contributed by atoms with Crippen LogP contribution in [0.2, 0.25) is 0 Å². The zero-order valence-corrected chi connectivity index (χ0v) is 22.9. The molecule has 1 heterocycles. The molecule has 1 aliphatic heterocycles. The van der Waals surface area contributed by atoms with Gasteiger partial charge in [0, 0.05) is 40.7 Å². The summed E-state index contributed by atoms with van der Waals surface area (Å²) in [5.74, 6) is -6.34. The number of nitrogens with one attached hydrogen (secondary N) is 1. The Bertz CT molecular complexity index is 802. The second kappa shape index (κ2) is 17.1. The quantitative estimate of drug-likeness (QED) is 0.137. The Hall–Kier alpha value is -2.57. The minimum absolute atomic E-state index is 0.0889. The van der Waals surface area contributed by atoms with Crippen molar-refractivity contribution < 1.29 is 53.1 Å². The number of rotatable bonds is 17. The molecule has 12 heteroatoms. The summed E-state index contributed by atoms with van der Waals surface area (Å²) in [5, 5.41) is 22.7. The molecule has 12 nitrogen and oxygen atoms in total. The van der Waals surface area contributed by atoms with Crippen LogP contribution in [0.5, 0.6) is 0 Å². The lowest BCUT2D eigenvalue weighted by atomic mass is 9.85. The molecule has 38 heavy (non-hydrogen) atoms. The summed E-state index contributed by atoms with van der Waals surface area (Å²) >= 11 is 0. The number of hydrogen-bond donors (Lipinski definition) is 3. The van der Waals surface area contributed by atoms with Gasteiger partial charge in [-0.05, 0) is 12.8 Å². The fourth-order valence-corrected chi connectivity index (χ4v) is 4.44. The van der Waals surface area contributed by atoms with Gasteiger partial charge in [-0.2, -0.15) is 0 Å². The van der Waals surface area contributed by atoms with Gasteiger partial charge < -0.3 is 34.5 Å². The molecule has 0 unspecified atom stereocenters. The van der Waals surface area contributed by atoms with Crippen LogP contribution in [-0.4, -0.2) is 83.2 Å². The molecule has 0 aliphatic carbocycles. The number of esters is 3. The van der Waals surface area contributed by atoms with Crippen LogP contribution in [0, 0.1) is 0 Å². The van der Waals surface area contributed by atoms with Gasteiger partial charge >= 0.3 is 17.9 Å². The average Bonchev–Trinajstić information content (AvgIpc) is 2.82. The molecule has 0 saturated carbocycles. The average molecular weight is 546 g/mol. The van der Waals surface area contributed by atoms with E-state index in [1.54, 1.807) is 0 Å². The van der Waals surface area contributed by atoms with Crippen molar-refractivity contribution in [1.29, 1.82) is 0 Å². The second-order valence-electron chi connectivity index (χ2n) is 9.56. The fraction of sp³-hybridized carbons (Fsp3) is 0.808. The van der Waals surface area contributed by atoms with Crippen molar-refractivity contribution in [1.82, 2.24) is 5.32 Å². The van der Waals surface area contributed by atoms with Gasteiger partial charge in [-0.25, -0.2) is 0 Å². The SMILES string of the molecule is CC(=O)N[C@@H]1[C@@H](OC(C)=O)[C@@H](OC(C)=O)[C@@H](COC(C)=O)O[C@]1(O)C(=O)CCCCCCCCCCCO. The van der Waals surface area contributed by atoms with Gasteiger partial charge in [-0.1, -0.05) is 44.9 Å². The summed E-state index contributed by atoms with van der Waals surface area (Å²) in [6, 6.07) is -1.59. The number of carbonyl (C=O) groups excluding carboxylic acids is 5. The van der Waals surface area contributed by atoms with Crippen molar-refractivity contribution in [3.8, 4) is 0 Å². The van der Waals surface area contributed by atoms with Crippen LogP contribution in [-0.2, 0) is 42.9 Å². The number of ether oxygens (including phenoxy) is 4. The summed E-state index contributed by atoms with van der Waals surface area (Å²) < 4.78 is 21.3. The molecule has 0 bridgehead atoms. The number of hydrogen-bond acceptors (Lipinski definition) is 11. The van der Waals surface area contributed by atoms with Crippen molar-refractivity contribution >= 4 is 29.6 Å². The molecular formula is C26H43NO11. The topological polar surface area (TPSA) is 175 Å². The molecule has 218 valence electrons. The fourth-order valence-electron chi connectivity index (χ4n) is 4.44. The van der Waals surface area contributed by atoms with Crippen molar-refractivity contribution in [3.63, 3.8) is 0 Å². The zero-order valence-electron chi connectivity index (χ0n) is 22.9. The van der Waals surface area contributed by atoms with Crippen LogP contribution in [0.25, 0.3) is 0 Å². The van der Waals surface area contributed by atoms with E-state index in [2.05, 4.69) is 5.32 Å². The number of amides is 1. The van der Waals surface area contributed by atoms with Gasteiger partial charge in [0.2, 0.25) is 5.91 Å². The molecule has 1 aliphatic rings. The largest absolute Gasteiger partial charge is 0.463 e. The molecule has 0 radical (unpaired) electrons. The minimum atomic E-state index is -2.64. The highest BCUT2D eigenvalue weighted by Crippen LogP contribution is 2.34. The molecule has 1 rings (SSSR count). The Morgan fingerprint density at radius 1 is 0.763 bits per heavy atom. The van der Waals surface area contributed by atoms with Crippen LogP contribution in [0.15, 0.2) is 0 Å².